The van der Waals surface area contributed by atoms with Gasteiger partial charge < -0.3 is 9.73 Å². The molecule has 0 aliphatic rings. The zero-order chi connectivity index (χ0) is 20.8. The Morgan fingerprint density at radius 3 is 2.43 bits per heavy atom. The Morgan fingerprint density at radius 2 is 1.82 bits per heavy atom. The van der Waals surface area contributed by atoms with Crippen LogP contribution in [-0.4, -0.2) is 31.8 Å². The summed E-state index contributed by atoms with van der Waals surface area (Å²) in [5, 5.41) is 2.41. The van der Waals surface area contributed by atoms with Gasteiger partial charge in [0.1, 0.15) is 17.2 Å². The van der Waals surface area contributed by atoms with Crippen molar-refractivity contribution in [3.8, 4) is 0 Å². The number of hydrogen-bond acceptors (Lipinski definition) is 5. The van der Waals surface area contributed by atoms with Crippen LogP contribution in [0.2, 0.25) is 0 Å². The van der Waals surface area contributed by atoms with Crippen molar-refractivity contribution < 1.29 is 26.0 Å². The van der Waals surface area contributed by atoms with Gasteiger partial charge in [0.25, 0.3) is 0 Å². The van der Waals surface area contributed by atoms with Gasteiger partial charge in [0.2, 0.25) is 0 Å². The molecule has 0 fully saturated rings. The van der Waals surface area contributed by atoms with Crippen molar-refractivity contribution >= 4 is 61.0 Å². The van der Waals surface area contributed by atoms with E-state index in [-0.39, 0.29) is 17.2 Å². The zero-order valence-electron chi connectivity index (χ0n) is 14.8. The molecule has 0 spiro atoms. The van der Waals surface area contributed by atoms with Crippen molar-refractivity contribution in [2.75, 3.05) is 24.1 Å². The van der Waals surface area contributed by atoms with Crippen LogP contribution < -0.4 is 10.0 Å². The number of aromatic nitrogens is 1. The van der Waals surface area contributed by atoms with Crippen molar-refractivity contribution in [1.29, 1.82) is 0 Å². The number of oxazole rings is 1. The monoisotopic (exact) mass is 526 g/mol. The lowest BCUT2D eigenvalue weighted by molar-refractivity contribution is 0.516. The first-order valence-electron chi connectivity index (χ1n) is 7.71. The summed E-state index contributed by atoms with van der Waals surface area (Å²) in [6.45, 7) is 1.40. The Bertz CT molecular complexity index is 1180. The number of aryl methyl sites for hydroxylation is 1. The third-order valence-electron chi connectivity index (χ3n) is 3.73. The van der Waals surface area contributed by atoms with E-state index in [0.29, 0.717) is 3.57 Å². The Balaban J connectivity index is 2.27. The SMILES string of the molecule is Cc1nc2c(F)c(F)c(Nc3ccc(I)cc3F)c(NS(=O)(=O)N(C)C)c2o1. The van der Waals surface area contributed by atoms with Crippen LogP contribution in [0.25, 0.3) is 11.1 Å². The van der Waals surface area contributed by atoms with Crippen molar-refractivity contribution in [3.63, 3.8) is 0 Å². The summed E-state index contributed by atoms with van der Waals surface area (Å²) in [6.07, 6.45) is 0. The van der Waals surface area contributed by atoms with Crippen LogP contribution in [0.4, 0.5) is 30.2 Å². The predicted molar refractivity (Wildman–Crippen MR) is 107 cm³/mol. The van der Waals surface area contributed by atoms with Gasteiger partial charge >= 0.3 is 10.2 Å². The average Bonchev–Trinajstić information content (AvgIpc) is 2.99. The largest absolute Gasteiger partial charge is 0.439 e. The van der Waals surface area contributed by atoms with E-state index in [9.17, 15) is 21.6 Å². The molecule has 0 amide bonds. The predicted octanol–water partition coefficient (Wildman–Crippen LogP) is 4.12. The minimum atomic E-state index is -4.12. The van der Waals surface area contributed by atoms with E-state index >= 15 is 0 Å². The van der Waals surface area contributed by atoms with E-state index in [0.717, 1.165) is 4.31 Å². The minimum absolute atomic E-state index is 0.00352. The van der Waals surface area contributed by atoms with Gasteiger partial charge in [-0.1, -0.05) is 0 Å². The fourth-order valence-electron chi connectivity index (χ4n) is 2.34. The lowest BCUT2D eigenvalue weighted by Gasteiger charge is -2.18. The highest BCUT2D eigenvalue weighted by Gasteiger charge is 2.28. The molecule has 0 unspecified atom stereocenters. The number of halogens is 4. The Labute approximate surface area is 172 Å². The number of hydrogen-bond donors (Lipinski definition) is 2. The molecule has 0 saturated heterocycles. The van der Waals surface area contributed by atoms with Crippen LogP contribution in [0, 0.1) is 27.9 Å². The summed E-state index contributed by atoms with van der Waals surface area (Å²) in [6, 6.07) is 4.04. The number of nitrogens with one attached hydrogen (secondary N) is 2. The van der Waals surface area contributed by atoms with E-state index in [1.165, 1.54) is 33.2 Å². The number of benzene rings is 2. The number of nitrogens with zero attached hydrogens (tertiary/aromatic N) is 2. The standard InChI is InChI=1S/C16H14F3IN4O3S/c1-7-21-14-12(19)11(18)13(22-10-5-4-8(20)6-9(10)17)15(16(14)27-7)23-28(25,26)24(2)3/h4-6,22-23H,1-3H3. The van der Waals surface area contributed by atoms with Gasteiger partial charge in [-0.05, 0) is 40.8 Å². The van der Waals surface area contributed by atoms with Crippen LogP contribution >= 0.6 is 22.6 Å². The number of fused-ring (bicyclic) bond motifs is 1. The van der Waals surface area contributed by atoms with Gasteiger partial charge in [0, 0.05) is 24.6 Å². The molecule has 12 heteroatoms. The molecule has 0 bridgehead atoms. The molecule has 150 valence electrons. The highest BCUT2D eigenvalue weighted by Crippen LogP contribution is 2.39. The fraction of sp³-hybridized carbons (Fsp3) is 0.188. The molecule has 3 aromatic rings. The van der Waals surface area contributed by atoms with Crippen LogP contribution in [0.3, 0.4) is 0 Å². The van der Waals surface area contributed by atoms with E-state index in [2.05, 4.69) is 15.0 Å². The van der Waals surface area contributed by atoms with Gasteiger partial charge in [-0.3, -0.25) is 4.72 Å². The summed E-state index contributed by atoms with van der Waals surface area (Å²) in [7, 11) is -1.63. The molecule has 0 saturated carbocycles. The van der Waals surface area contributed by atoms with Gasteiger partial charge in [-0.15, -0.1) is 0 Å². The van der Waals surface area contributed by atoms with Crippen LogP contribution in [0.1, 0.15) is 5.89 Å². The maximum absolute atomic E-state index is 14.8. The summed E-state index contributed by atoms with van der Waals surface area (Å²) < 4.78 is 76.9. The van der Waals surface area contributed by atoms with Gasteiger partial charge in [-0.2, -0.15) is 12.7 Å². The molecule has 2 aromatic carbocycles. The van der Waals surface area contributed by atoms with Gasteiger partial charge in [-0.25, -0.2) is 18.2 Å². The second-order valence-electron chi connectivity index (χ2n) is 5.93. The van der Waals surface area contributed by atoms with E-state index in [4.69, 9.17) is 4.42 Å². The maximum atomic E-state index is 14.8. The molecule has 1 heterocycles. The molecule has 3 rings (SSSR count). The first-order chi connectivity index (χ1) is 13.0. The lowest BCUT2D eigenvalue weighted by Crippen LogP contribution is -2.29. The van der Waals surface area contributed by atoms with E-state index in [1.54, 1.807) is 6.07 Å². The molecule has 0 aliphatic carbocycles. The molecule has 1 aromatic heterocycles. The van der Waals surface area contributed by atoms with Gasteiger partial charge in [0.15, 0.2) is 28.6 Å². The van der Waals surface area contributed by atoms with E-state index < -0.39 is 44.6 Å². The molecule has 0 radical (unpaired) electrons. The lowest BCUT2D eigenvalue weighted by atomic mass is 10.2. The van der Waals surface area contributed by atoms with Crippen molar-refractivity contribution in [3.05, 3.63) is 45.1 Å². The summed E-state index contributed by atoms with van der Waals surface area (Å²) >= 11 is 1.89. The Hall–Kier alpha value is -2.06. The zero-order valence-corrected chi connectivity index (χ0v) is 17.7. The van der Waals surface area contributed by atoms with Crippen molar-refractivity contribution in [2.45, 2.75) is 6.92 Å². The molecule has 0 aliphatic heterocycles. The highest BCUT2D eigenvalue weighted by atomic mass is 127. The quantitative estimate of drug-likeness (QED) is 0.489. The fourth-order valence-corrected chi connectivity index (χ4v) is 3.43. The normalized spacial score (nSPS) is 12.0. The van der Waals surface area contributed by atoms with Gasteiger partial charge in [0.05, 0.1) is 5.69 Å². The van der Waals surface area contributed by atoms with E-state index in [1.807, 2.05) is 22.6 Å². The smallest absolute Gasteiger partial charge is 0.301 e. The Kier molecular flexibility index (Phi) is 5.46. The molecule has 28 heavy (non-hydrogen) atoms. The summed E-state index contributed by atoms with van der Waals surface area (Å²) in [5.74, 6) is -3.53. The minimum Gasteiger partial charge on any atom is -0.439 e. The first kappa shape index (κ1) is 20.7. The topological polar surface area (TPSA) is 87.5 Å². The molecule has 2 N–H and O–H groups in total. The van der Waals surface area contributed by atoms with Crippen molar-refractivity contribution in [2.24, 2.45) is 0 Å². The van der Waals surface area contributed by atoms with Crippen molar-refractivity contribution in [1.82, 2.24) is 9.29 Å². The van der Waals surface area contributed by atoms with Crippen LogP contribution in [-0.2, 0) is 10.2 Å². The molecule has 7 nitrogen and oxygen atoms in total. The third kappa shape index (κ3) is 3.75. The second kappa shape index (κ2) is 7.40. The van der Waals surface area contributed by atoms with Crippen LogP contribution in [0.15, 0.2) is 22.6 Å². The number of anilines is 3. The summed E-state index contributed by atoms with van der Waals surface area (Å²) in [4.78, 5) is 3.75. The summed E-state index contributed by atoms with van der Waals surface area (Å²) in [5.41, 5.74) is -2.05. The first-order valence-corrected chi connectivity index (χ1v) is 10.2. The van der Waals surface area contributed by atoms with Crippen LogP contribution in [0.5, 0.6) is 0 Å². The third-order valence-corrected chi connectivity index (χ3v) is 5.83. The Morgan fingerprint density at radius 1 is 1.14 bits per heavy atom. The molecular formula is C16H14F3IN4O3S. The number of rotatable bonds is 5. The second-order valence-corrected chi connectivity index (χ2v) is 9.06. The average molecular weight is 526 g/mol. The highest BCUT2D eigenvalue weighted by molar-refractivity contribution is 14.1. The molecular weight excluding hydrogens is 512 g/mol. The molecule has 0 atom stereocenters. The maximum Gasteiger partial charge on any atom is 0.301 e.